The topological polar surface area (TPSA) is 73.1 Å². The highest BCUT2D eigenvalue weighted by molar-refractivity contribution is 5.90. The van der Waals surface area contributed by atoms with Gasteiger partial charge >= 0.3 is 0 Å². The molecule has 5 heteroatoms. The summed E-state index contributed by atoms with van der Waals surface area (Å²) in [5.74, 6) is 0.719. The molecule has 0 unspecified atom stereocenters. The zero-order valence-corrected chi connectivity index (χ0v) is 12.6. The molecule has 1 aliphatic heterocycles. The van der Waals surface area contributed by atoms with Gasteiger partial charge in [-0.15, -0.1) is 0 Å². The molecule has 112 valence electrons. The lowest BCUT2D eigenvalue weighted by Crippen LogP contribution is -2.39. The Hall–Kier alpha value is -2.61. The monoisotopic (exact) mass is 293 g/mol. The summed E-state index contributed by atoms with van der Waals surface area (Å²) >= 11 is 0. The predicted molar refractivity (Wildman–Crippen MR) is 86.5 cm³/mol. The zero-order chi connectivity index (χ0) is 15.4. The molecule has 2 heterocycles. The minimum Gasteiger partial charge on any atom is -0.332 e. The highest BCUT2D eigenvalue weighted by atomic mass is 15.2. The first-order valence-electron chi connectivity index (χ1n) is 7.62. The summed E-state index contributed by atoms with van der Waals surface area (Å²) in [4.78, 5) is 9.00. The lowest BCUT2D eigenvalue weighted by molar-refractivity contribution is 0.696. The lowest BCUT2D eigenvalue weighted by Gasteiger charge is -2.22. The number of aromatic nitrogens is 1. The Kier molecular flexibility index (Phi) is 4.19. The Bertz CT molecular complexity index is 673. The third kappa shape index (κ3) is 3.01. The van der Waals surface area contributed by atoms with Gasteiger partial charge in [0.2, 0.25) is 0 Å². The second-order valence-electron chi connectivity index (χ2n) is 5.59. The minimum atomic E-state index is 0.378. The van der Waals surface area contributed by atoms with Gasteiger partial charge in [-0.05, 0) is 37.5 Å². The van der Waals surface area contributed by atoms with Crippen LogP contribution in [0.4, 0.5) is 0 Å². The molecule has 3 rings (SSSR count). The number of nitrogens with zero attached hydrogens (tertiary/aromatic N) is 3. The molecule has 0 atom stereocenters. The van der Waals surface area contributed by atoms with Gasteiger partial charge in [0.25, 0.3) is 0 Å². The van der Waals surface area contributed by atoms with E-state index < -0.39 is 0 Å². The van der Waals surface area contributed by atoms with Crippen molar-refractivity contribution in [3.05, 3.63) is 47.6 Å². The Morgan fingerprint density at radius 2 is 2.18 bits per heavy atom. The third-order valence-corrected chi connectivity index (χ3v) is 3.98. The van der Waals surface area contributed by atoms with Crippen LogP contribution >= 0.6 is 0 Å². The quantitative estimate of drug-likeness (QED) is 0.822. The van der Waals surface area contributed by atoms with Crippen molar-refractivity contribution in [2.45, 2.75) is 38.6 Å². The fourth-order valence-electron chi connectivity index (χ4n) is 2.80. The van der Waals surface area contributed by atoms with E-state index in [-0.39, 0.29) is 0 Å². The molecule has 0 saturated heterocycles. The number of guanidine groups is 1. The van der Waals surface area contributed by atoms with Crippen LogP contribution in [0.1, 0.15) is 38.3 Å². The average Bonchev–Trinajstić information content (AvgIpc) is 3.05. The van der Waals surface area contributed by atoms with Crippen LogP contribution in [-0.2, 0) is 0 Å². The normalized spacial score (nSPS) is 22.5. The molecule has 0 aromatic carbocycles. The summed E-state index contributed by atoms with van der Waals surface area (Å²) in [5.41, 5.74) is 2.95. The summed E-state index contributed by atoms with van der Waals surface area (Å²) < 4.78 is 0. The van der Waals surface area contributed by atoms with Crippen LogP contribution in [0.15, 0.2) is 46.9 Å². The average molecular weight is 293 g/mol. The van der Waals surface area contributed by atoms with E-state index in [9.17, 15) is 5.26 Å². The molecule has 22 heavy (non-hydrogen) atoms. The van der Waals surface area contributed by atoms with E-state index in [1.807, 2.05) is 31.3 Å². The van der Waals surface area contributed by atoms with Crippen molar-refractivity contribution < 1.29 is 0 Å². The van der Waals surface area contributed by atoms with E-state index in [2.05, 4.69) is 21.7 Å². The van der Waals surface area contributed by atoms with Crippen molar-refractivity contribution in [2.24, 2.45) is 4.99 Å². The van der Waals surface area contributed by atoms with Gasteiger partial charge in [0, 0.05) is 12.4 Å². The van der Waals surface area contributed by atoms with Crippen LogP contribution in [0.25, 0.3) is 5.57 Å². The van der Waals surface area contributed by atoms with Gasteiger partial charge in [0.05, 0.1) is 17.4 Å². The molecular weight excluding hydrogens is 274 g/mol. The number of rotatable bonds is 2. The summed E-state index contributed by atoms with van der Waals surface area (Å²) in [6.45, 7) is 1.96. The van der Waals surface area contributed by atoms with E-state index in [0.717, 1.165) is 30.1 Å². The minimum absolute atomic E-state index is 0.378. The van der Waals surface area contributed by atoms with Crippen LogP contribution in [0.2, 0.25) is 0 Å². The Morgan fingerprint density at radius 3 is 2.86 bits per heavy atom. The van der Waals surface area contributed by atoms with Gasteiger partial charge in [0.15, 0.2) is 5.96 Å². The van der Waals surface area contributed by atoms with Gasteiger partial charge in [0.1, 0.15) is 11.6 Å². The van der Waals surface area contributed by atoms with Crippen molar-refractivity contribution >= 4 is 11.5 Å². The van der Waals surface area contributed by atoms with Gasteiger partial charge in [-0.3, -0.25) is 4.98 Å². The smallest absolute Gasteiger partial charge is 0.200 e. The summed E-state index contributed by atoms with van der Waals surface area (Å²) in [6.07, 6.45) is 8.35. The van der Waals surface area contributed by atoms with Crippen molar-refractivity contribution in [3.8, 4) is 6.07 Å². The Balaban J connectivity index is 1.94. The molecular formula is C17H19N5. The number of hydrogen-bond donors (Lipinski definition) is 2. The molecule has 0 radical (unpaired) electrons. The van der Waals surface area contributed by atoms with Crippen molar-refractivity contribution in [3.63, 3.8) is 0 Å². The molecule has 0 spiro atoms. The maximum atomic E-state index is 9.54. The Labute approximate surface area is 130 Å². The van der Waals surface area contributed by atoms with E-state index in [1.165, 1.54) is 12.8 Å². The lowest BCUT2D eigenvalue weighted by atomic mass is 10.1. The maximum Gasteiger partial charge on any atom is 0.200 e. The predicted octanol–water partition coefficient (Wildman–Crippen LogP) is 2.71. The van der Waals surface area contributed by atoms with Crippen LogP contribution in [0.5, 0.6) is 0 Å². The molecule has 1 aromatic heterocycles. The molecule has 2 aliphatic rings. The highest BCUT2D eigenvalue weighted by Gasteiger charge is 2.20. The van der Waals surface area contributed by atoms with Gasteiger partial charge in [-0.1, -0.05) is 18.9 Å². The fourth-order valence-corrected chi connectivity index (χ4v) is 2.80. The van der Waals surface area contributed by atoms with Crippen molar-refractivity contribution in [1.82, 2.24) is 15.6 Å². The third-order valence-electron chi connectivity index (χ3n) is 3.98. The highest BCUT2D eigenvalue weighted by Crippen LogP contribution is 2.23. The molecule has 0 amide bonds. The van der Waals surface area contributed by atoms with Crippen molar-refractivity contribution in [1.29, 1.82) is 5.26 Å². The molecule has 1 saturated carbocycles. The van der Waals surface area contributed by atoms with Gasteiger partial charge in [-0.25, -0.2) is 4.99 Å². The number of pyridine rings is 1. The van der Waals surface area contributed by atoms with E-state index in [4.69, 9.17) is 4.99 Å². The van der Waals surface area contributed by atoms with Crippen LogP contribution in [-0.4, -0.2) is 17.0 Å². The second kappa shape index (κ2) is 6.44. The number of nitrogens with one attached hydrogen (secondary N) is 2. The molecule has 0 bridgehead atoms. The second-order valence-corrected chi connectivity index (χ2v) is 5.59. The van der Waals surface area contributed by atoms with E-state index in [1.54, 1.807) is 6.20 Å². The largest absolute Gasteiger partial charge is 0.332 e. The van der Waals surface area contributed by atoms with E-state index >= 15 is 0 Å². The van der Waals surface area contributed by atoms with Gasteiger partial charge < -0.3 is 10.6 Å². The number of allylic oxidation sites excluding steroid dienone is 2. The zero-order valence-electron chi connectivity index (χ0n) is 12.6. The molecule has 1 aromatic rings. The molecule has 5 nitrogen and oxygen atoms in total. The molecule has 1 aliphatic carbocycles. The van der Waals surface area contributed by atoms with Crippen molar-refractivity contribution in [2.75, 3.05) is 0 Å². The first-order valence-corrected chi connectivity index (χ1v) is 7.62. The summed E-state index contributed by atoms with van der Waals surface area (Å²) in [6, 6.07) is 8.21. The molecule has 1 fully saturated rings. The SMILES string of the molecule is CC1=CNC(=NC2CCCC2)NC1=C(C#N)c1ccccn1. The number of hydrogen-bond acceptors (Lipinski definition) is 3. The number of nitriles is 1. The summed E-state index contributed by atoms with van der Waals surface area (Å²) in [7, 11) is 0. The van der Waals surface area contributed by atoms with E-state index in [0.29, 0.717) is 17.3 Å². The van der Waals surface area contributed by atoms with Crippen LogP contribution < -0.4 is 10.6 Å². The van der Waals surface area contributed by atoms with Crippen LogP contribution in [0.3, 0.4) is 0 Å². The standard InChI is InChI=1S/C17H19N5/c1-12-11-20-17(21-13-6-2-3-7-13)22-16(12)14(10-18)15-8-4-5-9-19-15/h4-5,8-9,11,13H,2-3,6-7H2,1H3,(H2,20,21,22). The number of aliphatic imine (C=N–C) groups is 1. The van der Waals surface area contributed by atoms with Gasteiger partial charge in [-0.2, -0.15) is 5.26 Å². The summed E-state index contributed by atoms with van der Waals surface area (Å²) in [5, 5.41) is 16.0. The first kappa shape index (κ1) is 14.3. The van der Waals surface area contributed by atoms with Crippen LogP contribution in [0, 0.1) is 11.3 Å². The first-order chi connectivity index (χ1) is 10.8. The molecule has 2 N–H and O–H groups in total. The maximum absolute atomic E-state index is 9.54. The fraction of sp³-hybridized carbons (Fsp3) is 0.353. The Morgan fingerprint density at radius 1 is 1.36 bits per heavy atom.